The molecule has 0 saturated carbocycles. The standard InChI is InChI=1S/C45H50O5S/c1-33-25-27-38(28-26-33)51-42-41(49-31-36-21-13-7-14-22-36)40(48-30-35-19-11-6-12-20-35)39(32-47-29-34-17-9-5-10-18-34)50-44(42)45(2,3)43(46-4)37-23-15-8-16-24-37/h5-28,39-44H,29-32H2,1-4H3/t39-,40-,41+,42-,43+,44-/m1/s1. The van der Waals surface area contributed by atoms with Gasteiger partial charge in [0.1, 0.15) is 18.3 Å². The predicted octanol–water partition coefficient (Wildman–Crippen LogP) is 10.0. The molecule has 0 spiro atoms. The predicted molar refractivity (Wildman–Crippen MR) is 206 cm³/mol. The minimum atomic E-state index is -0.491. The van der Waals surface area contributed by atoms with Crippen molar-refractivity contribution in [3.8, 4) is 0 Å². The Morgan fingerprint density at radius 2 is 1.12 bits per heavy atom. The van der Waals surface area contributed by atoms with Crippen LogP contribution < -0.4 is 0 Å². The SMILES string of the molecule is CO[C@@H](c1ccccc1)C(C)(C)[C@@H]1O[C@H](COCc2ccccc2)[C@@H](OCc2ccccc2)[C@H](OCc2ccccc2)[C@H]1Sc1ccc(C)cc1. The highest BCUT2D eigenvalue weighted by molar-refractivity contribution is 8.00. The van der Waals surface area contributed by atoms with Gasteiger partial charge in [-0.3, -0.25) is 0 Å². The Kier molecular flexibility index (Phi) is 13.2. The molecule has 0 N–H and O–H groups in total. The zero-order chi connectivity index (χ0) is 35.5. The Labute approximate surface area is 308 Å². The van der Waals surface area contributed by atoms with Gasteiger partial charge in [0.05, 0.1) is 43.9 Å². The first-order valence-corrected chi connectivity index (χ1v) is 18.7. The van der Waals surface area contributed by atoms with Crippen LogP contribution in [0.1, 0.15) is 47.8 Å². The molecular weight excluding hydrogens is 653 g/mol. The van der Waals surface area contributed by atoms with Gasteiger partial charge in [0, 0.05) is 17.4 Å². The third-order valence-corrected chi connectivity index (χ3v) is 11.0. The number of ether oxygens (including phenoxy) is 5. The van der Waals surface area contributed by atoms with Crippen LogP contribution in [0.15, 0.2) is 150 Å². The van der Waals surface area contributed by atoms with Crippen molar-refractivity contribution in [3.63, 3.8) is 0 Å². The van der Waals surface area contributed by atoms with Gasteiger partial charge in [-0.2, -0.15) is 0 Å². The second-order valence-corrected chi connectivity index (χ2v) is 15.1. The smallest absolute Gasteiger partial charge is 0.114 e. The van der Waals surface area contributed by atoms with Gasteiger partial charge in [0.2, 0.25) is 0 Å². The van der Waals surface area contributed by atoms with Crippen molar-refractivity contribution in [1.29, 1.82) is 0 Å². The summed E-state index contributed by atoms with van der Waals surface area (Å²) < 4.78 is 34.2. The maximum Gasteiger partial charge on any atom is 0.114 e. The average Bonchev–Trinajstić information content (AvgIpc) is 3.16. The molecule has 0 aliphatic carbocycles. The number of methoxy groups -OCH3 is 1. The van der Waals surface area contributed by atoms with Crippen LogP contribution in [0, 0.1) is 12.3 Å². The Hall–Kier alpha value is -3.75. The van der Waals surface area contributed by atoms with Crippen LogP contribution >= 0.6 is 11.8 Å². The van der Waals surface area contributed by atoms with E-state index in [2.05, 4.69) is 118 Å². The first kappa shape index (κ1) is 37.0. The van der Waals surface area contributed by atoms with E-state index >= 15 is 0 Å². The van der Waals surface area contributed by atoms with Gasteiger partial charge in [-0.15, -0.1) is 11.8 Å². The molecule has 51 heavy (non-hydrogen) atoms. The molecule has 1 saturated heterocycles. The summed E-state index contributed by atoms with van der Waals surface area (Å²) in [6.45, 7) is 8.31. The second-order valence-electron chi connectivity index (χ2n) is 13.9. The molecule has 1 fully saturated rings. The van der Waals surface area contributed by atoms with Crippen LogP contribution in [0.4, 0.5) is 0 Å². The maximum atomic E-state index is 7.35. The first-order chi connectivity index (χ1) is 24.9. The van der Waals surface area contributed by atoms with Gasteiger partial charge in [-0.25, -0.2) is 0 Å². The van der Waals surface area contributed by atoms with Gasteiger partial charge < -0.3 is 23.7 Å². The van der Waals surface area contributed by atoms with E-state index in [0.717, 1.165) is 27.1 Å². The van der Waals surface area contributed by atoms with Gasteiger partial charge in [-0.1, -0.05) is 153 Å². The zero-order valence-electron chi connectivity index (χ0n) is 30.1. The number of benzene rings is 5. The molecule has 0 bridgehead atoms. The molecule has 6 heteroatoms. The molecule has 1 aliphatic rings. The van der Waals surface area contributed by atoms with Gasteiger partial charge in [-0.05, 0) is 41.3 Å². The highest BCUT2D eigenvalue weighted by Crippen LogP contribution is 2.49. The summed E-state index contributed by atoms with van der Waals surface area (Å²) in [4.78, 5) is 1.15. The minimum absolute atomic E-state index is 0.154. The van der Waals surface area contributed by atoms with E-state index in [1.807, 2.05) is 48.5 Å². The topological polar surface area (TPSA) is 46.2 Å². The highest BCUT2D eigenvalue weighted by Gasteiger charge is 2.55. The lowest BCUT2D eigenvalue weighted by atomic mass is 9.73. The van der Waals surface area contributed by atoms with Crippen molar-refractivity contribution in [2.24, 2.45) is 5.41 Å². The summed E-state index contributed by atoms with van der Waals surface area (Å²) in [6, 6.07) is 50.1. The van der Waals surface area contributed by atoms with Crippen molar-refractivity contribution in [2.75, 3.05) is 13.7 Å². The fraction of sp³-hybridized carbons (Fsp3) is 0.333. The molecule has 6 rings (SSSR count). The summed E-state index contributed by atoms with van der Waals surface area (Å²) >= 11 is 1.80. The lowest BCUT2D eigenvalue weighted by Crippen LogP contribution is -2.63. The quantitative estimate of drug-likeness (QED) is 0.102. The Bertz CT molecular complexity index is 1720. The third kappa shape index (κ3) is 9.78. The number of hydrogen-bond donors (Lipinski definition) is 0. The molecule has 1 aliphatic heterocycles. The molecular formula is C45H50O5S. The number of aryl methyl sites for hydroxylation is 1. The van der Waals surface area contributed by atoms with E-state index in [1.165, 1.54) is 5.56 Å². The molecule has 0 radical (unpaired) electrons. The van der Waals surface area contributed by atoms with Crippen LogP contribution in [0.2, 0.25) is 0 Å². The van der Waals surface area contributed by atoms with Crippen LogP contribution in [0.3, 0.4) is 0 Å². The fourth-order valence-electron chi connectivity index (χ4n) is 6.99. The molecule has 5 aromatic rings. The van der Waals surface area contributed by atoms with E-state index in [0.29, 0.717) is 26.4 Å². The van der Waals surface area contributed by atoms with Crippen molar-refractivity contribution in [1.82, 2.24) is 0 Å². The summed E-state index contributed by atoms with van der Waals surface area (Å²) in [6.07, 6.45) is -1.73. The minimum Gasteiger partial charge on any atom is -0.376 e. The molecule has 5 aromatic carbocycles. The fourth-order valence-corrected chi connectivity index (χ4v) is 8.50. The van der Waals surface area contributed by atoms with Crippen molar-refractivity contribution >= 4 is 11.8 Å². The summed E-state index contributed by atoms with van der Waals surface area (Å²) in [5.41, 5.74) is 5.15. The van der Waals surface area contributed by atoms with Crippen molar-refractivity contribution in [2.45, 2.75) is 81.3 Å². The van der Waals surface area contributed by atoms with Gasteiger partial charge >= 0.3 is 0 Å². The van der Waals surface area contributed by atoms with Gasteiger partial charge in [0.25, 0.3) is 0 Å². The molecule has 0 unspecified atom stereocenters. The van der Waals surface area contributed by atoms with Crippen LogP contribution in [0.5, 0.6) is 0 Å². The lowest BCUT2D eigenvalue weighted by Gasteiger charge is -2.52. The largest absolute Gasteiger partial charge is 0.376 e. The Morgan fingerprint density at radius 1 is 0.627 bits per heavy atom. The molecule has 0 amide bonds. The van der Waals surface area contributed by atoms with Crippen LogP contribution in [0.25, 0.3) is 0 Å². The third-order valence-electron chi connectivity index (χ3n) is 9.64. The van der Waals surface area contributed by atoms with Crippen molar-refractivity contribution in [3.05, 3.63) is 173 Å². The van der Waals surface area contributed by atoms with Crippen LogP contribution in [-0.2, 0) is 43.5 Å². The van der Waals surface area contributed by atoms with E-state index in [-0.39, 0.29) is 23.6 Å². The molecule has 5 nitrogen and oxygen atoms in total. The highest BCUT2D eigenvalue weighted by atomic mass is 32.2. The Morgan fingerprint density at radius 3 is 1.65 bits per heavy atom. The second kappa shape index (κ2) is 18.1. The lowest BCUT2D eigenvalue weighted by molar-refractivity contribution is -0.244. The molecule has 266 valence electrons. The summed E-state index contributed by atoms with van der Waals surface area (Å²) in [7, 11) is 1.79. The summed E-state index contributed by atoms with van der Waals surface area (Å²) in [5.74, 6) is 0. The normalized spacial score (nSPS) is 21.3. The van der Waals surface area contributed by atoms with E-state index in [9.17, 15) is 0 Å². The number of thioether (sulfide) groups is 1. The number of rotatable bonds is 16. The monoisotopic (exact) mass is 702 g/mol. The maximum absolute atomic E-state index is 7.35. The number of hydrogen-bond acceptors (Lipinski definition) is 6. The van der Waals surface area contributed by atoms with Crippen molar-refractivity contribution < 1.29 is 23.7 Å². The summed E-state index contributed by atoms with van der Waals surface area (Å²) in [5, 5.41) is -0.154. The van der Waals surface area contributed by atoms with E-state index in [1.54, 1.807) is 18.9 Å². The first-order valence-electron chi connectivity index (χ1n) is 17.8. The zero-order valence-corrected chi connectivity index (χ0v) is 30.9. The molecule has 1 heterocycles. The van der Waals surface area contributed by atoms with Crippen LogP contribution in [-0.4, -0.2) is 43.4 Å². The molecule has 0 aromatic heterocycles. The average molecular weight is 703 g/mol. The molecule has 6 atom stereocenters. The van der Waals surface area contributed by atoms with Gasteiger partial charge in [0.15, 0.2) is 0 Å². The van der Waals surface area contributed by atoms with E-state index in [4.69, 9.17) is 23.7 Å². The Balaban J connectivity index is 1.41. The van der Waals surface area contributed by atoms with E-state index < -0.39 is 17.6 Å².